The molecular weight excluding hydrogens is 390 g/mol. The summed E-state index contributed by atoms with van der Waals surface area (Å²) in [6.45, 7) is 11.3. The molecule has 0 N–H and O–H groups in total. The Bertz CT molecular complexity index is 1010. The number of hydrogen-bond acceptors (Lipinski definition) is 5. The molecule has 8 nitrogen and oxygen atoms in total. The summed E-state index contributed by atoms with van der Waals surface area (Å²) in [5.41, 5.74) is 2.01. The maximum absolute atomic E-state index is 12.9. The van der Waals surface area contributed by atoms with Crippen LogP contribution in [0.25, 0.3) is 0 Å². The molecule has 1 aromatic carbocycles. The lowest BCUT2D eigenvalue weighted by Crippen LogP contribution is -2.52. The first-order chi connectivity index (χ1) is 13.6. The molecule has 0 spiro atoms. The Labute approximate surface area is 172 Å². The van der Waals surface area contributed by atoms with Crippen LogP contribution >= 0.6 is 0 Å². The second-order valence-electron chi connectivity index (χ2n) is 7.76. The van der Waals surface area contributed by atoms with Crippen LogP contribution < -0.4 is 0 Å². The predicted molar refractivity (Wildman–Crippen MR) is 110 cm³/mol. The smallest absolute Gasteiger partial charge is 0.243 e. The number of nitrogens with zero attached hydrogens (tertiary/aromatic N) is 5. The summed E-state index contributed by atoms with van der Waals surface area (Å²) in [6.07, 6.45) is 0. The molecule has 1 aliphatic rings. The van der Waals surface area contributed by atoms with Crippen molar-refractivity contribution in [1.82, 2.24) is 24.0 Å². The normalized spacial score (nSPS) is 16.8. The molecule has 1 aromatic heterocycles. The number of aryl methyl sites for hydroxylation is 4. The fourth-order valence-corrected chi connectivity index (χ4v) is 5.06. The van der Waals surface area contributed by atoms with E-state index < -0.39 is 10.0 Å². The minimum absolute atomic E-state index is 0.0146. The maximum atomic E-state index is 12.9. The number of aromatic nitrogens is 3. The van der Waals surface area contributed by atoms with Crippen molar-refractivity contribution < 1.29 is 13.2 Å². The van der Waals surface area contributed by atoms with E-state index in [1.807, 2.05) is 40.7 Å². The average molecular weight is 420 g/mol. The number of amides is 1. The number of sulfonamides is 1. The lowest BCUT2D eigenvalue weighted by molar-refractivity contribution is -0.136. The highest BCUT2D eigenvalue weighted by atomic mass is 32.2. The predicted octanol–water partition coefficient (Wildman–Crippen LogP) is 1.68. The summed E-state index contributed by atoms with van der Waals surface area (Å²) < 4.78 is 29.1. The second-order valence-corrected chi connectivity index (χ2v) is 9.70. The van der Waals surface area contributed by atoms with E-state index in [-0.39, 0.29) is 11.8 Å². The van der Waals surface area contributed by atoms with Crippen molar-refractivity contribution in [3.05, 3.63) is 41.0 Å². The lowest BCUT2D eigenvalue weighted by Gasteiger charge is -2.35. The van der Waals surface area contributed by atoms with Gasteiger partial charge in [0, 0.05) is 26.2 Å². The van der Waals surface area contributed by atoms with Gasteiger partial charge in [-0.25, -0.2) is 18.1 Å². The number of carbonyl (C=O) groups is 1. The maximum Gasteiger partial charge on any atom is 0.243 e. The van der Waals surface area contributed by atoms with Crippen LogP contribution in [-0.2, 0) is 21.4 Å². The van der Waals surface area contributed by atoms with Crippen LogP contribution in [0.5, 0.6) is 0 Å². The van der Waals surface area contributed by atoms with Gasteiger partial charge >= 0.3 is 0 Å². The molecular formula is C20H29N5O3S. The van der Waals surface area contributed by atoms with Gasteiger partial charge in [-0.1, -0.05) is 13.0 Å². The second kappa shape index (κ2) is 8.23. The lowest BCUT2D eigenvalue weighted by atomic mass is 10.1. The highest BCUT2D eigenvalue weighted by Crippen LogP contribution is 2.21. The zero-order chi connectivity index (χ0) is 21.3. The van der Waals surface area contributed by atoms with Gasteiger partial charge in [-0.05, 0) is 51.0 Å². The molecule has 1 fully saturated rings. The summed E-state index contributed by atoms with van der Waals surface area (Å²) in [5.74, 6) is 1.23. The molecule has 2 heterocycles. The molecule has 1 amide bonds. The van der Waals surface area contributed by atoms with Crippen LogP contribution in [0.2, 0.25) is 0 Å². The number of piperazine rings is 1. The van der Waals surface area contributed by atoms with Gasteiger partial charge in [-0.3, -0.25) is 4.79 Å². The SMILES string of the molecule is Cc1nc(C)n(C[C@H](C)C(=O)N2CCN(S(=O)(=O)c3ccc(C)c(C)c3)CC2)n1. The number of rotatable bonds is 5. The first-order valence-electron chi connectivity index (χ1n) is 9.84. The molecule has 3 rings (SSSR count). The first-order valence-corrected chi connectivity index (χ1v) is 11.3. The Morgan fingerprint density at radius 1 is 1.07 bits per heavy atom. The third-order valence-electron chi connectivity index (χ3n) is 5.50. The van der Waals surface area contributed by atoms with Crippen molar-refractivity contribution in [2.45, 2.75) is 46.1 Å². The summed E-state index contributed by atoms with van der Waals surface area (Å²) in [4.78, 5) is 19.1. The van der Waals surface area contributed by atoms with Crippen molar-refractivity contribution >= 4 is 15.9 Å². The van der Waals surface area contributed by atoms with E-state index in [1.165, 1.54) is 4.31 Å². The van der Waals surface area contributed by atoms with E-state index in [2.05, 4.69) is 10.1 Å². The van der Waals surface area contributed by atoms with Gasteiger partial charge in [0.05, 0.1) is 17.4 Å². The van der Waals surface area contributed by atoms with Crippen LogP contribution in [0.1, 0.15) is 29.7 Å². The summed E-state index contributed by atoms with van der Waals surface area (Å²) in [7, 11) is -3.55. The Hall–Kier alpha value is -2.26. The van der Waals surface area contributed by atoms with Gasteiger partial charge in [0.25, 0.3) is 0 Å². The van der Waals surface area contributed by atoms with Crippen LogP contribution in [0.4, 0.5) is 0 Å². The Kier molecular flexibility index (Phi) is 6.09. The van der Waals surface area contributed by atoms with Crippen molar-refractivity contribution in [3.63, 3.8) is 0 Å². The molecule has 1 aliphatic heterocycles. The van der Waals surface area contributed by atoms with Gasteiger partial charge in [-0.2, -0.15) is 9.40 Å². The van der Waals surface area contributed by atoms with E-state index in [4.69, 9.17) is 0 Å². The van der Waals surface area contributed by atoms with Crippen LogP contribution in [0.3, 0.4) is 0 Å². The van der Waals surface area contributed by atoms with Gasteiger partial charge in [0.1, 0.15) is 11.6 Å². The van der Waals surface area contributed by atoms with Gasteiger partial charge in [0.15, 0.2) is 0 Å². The third-order valence-corrected chi connectivity index (χ3v) is 7.39. The molecule has 0 unspecified atom stereocenters. The number of carbonyl (C=O) groups excluding carboxylic acids is 1. The molecule has 158 valence electrons. The molecule has 29 heavy (non-hydrogen) atoms. The summed E-state index contributed by atoms with van der Waals surface area (Å²) in [5, 5.41) is 4.32. The van der Waals surface area contributed by atoms with Crippen molar-refractivity contribution in [1.29, 1.82) is 0 Å². The van der Waals surface area contributed by atoms with Crippen LogP contribution in [-0.4, -0.2) is 64.5 Å². The van der Waals surface area contributed by atoms with E-state index >= 15 is 0 Å². The van der Waals surface area contributed by atoms with Gasteiger partial charge in [0.2, 0.25) is 15.9 Å². The monoisotopic (exact) mass is 419 g/mol. The van der Waals surface area contributed by atoms with Gasteiger partial charge < -0.3 is 4.90 Å². The largest absolute Gasteiger partial charge is 0.340 e. The Morgan fingerprint density at radius 2 is 1.72 bits per heavy atom. The molecule has 0 saturated carbocycles. The minimum atomic E-state index is -3.55. The standard InChI is InChI=1S/C20H29N5O3S/c1-14-6-7-19(12-15(14)2)29(27,28)24-10-8-23(9-11-24)20(26)16(3)13-25-18(5)21-17(4)22-25/h6-7,12,16H,8-11,13H2,1-5H3/t16-/m0/s1. The van der Waals surface area contributed by atoms with Crippen LogP contribution in [0, 0.1) is 33.6 Å². The van der Waals surface area contributed by atoms with Gasteiger partial charge in [-0.15, -0.1) is 0 Å². The molecule has 1 atom stereocenters. The van der Waals surface area contributed by atoms with E-state index in [0.29, 0.717) is 43.4 Å². The zero-order valence-electron chi connectivity index (χ0n) is 17.7. The van der Waals surface area contributed by atoms with Crippen LogP contribution in [0.15, 0.2) is 23.1 Å². The summed E-state index contributed by atoms with van der Waals surface area (Å²) >= 11 is 0. The van der Waals surface area contributed by atoms with Crippen molar-refractivity contribution in [2.75, 3.05) is 26.2 Å². The van der Waals surface area contributed by atoms with Crippen molar-refractivity contribution in [3.8, 4) is 0 Å². The molecule has 9 heteroatoms. The highest BCUT2D eigenvalue weighted by molar-refractivity contribution is 7.89. The number of hydrogen-bond donors (Lipinski definition) is 0. The minimum Gasteiger partial charge on any atom is -0.340 e. The molecule has 0 aliphatic carbocycles. The average Bonchev–Trinajstić information content (AvgIpc) is 3.00. The quantitative estimate of drug-likeness (QED) is 0.736. The Balaban J connectivity index is 1.62. The fraction of sp³-hybridized carbons (Fsp3) is 0.550. The van der Waals surface area contributed by atoms with E-state index in [9.17, 15) is 13.2 Å². The molecule has 2 aromatic rings. The van der Waals surface area contributed by atoms with E-state index in [0.717, 1.165) is 17.0 Å². The Morgan fingerprint density at radius 3 is 2.28 bits per heavy atom. The third kappa shape index (κ3) is 4.51. The summed E-state index contributed by atoms with van der Waals surface area (Å²) in [6, 6.07) is 5.20. The zero-order valence-corrected chi connectivity index (χ0v) is 18.5. The molecule has 0 radical (unpaired) electrons. The highest BCUT2D eigenvalue weighted by Gasteiger charge is 2.31. The topological polar surface area (TPSA) is 88.4 Å². The first kappa shape index (κ1) is 21.4. The van der Waals surface area contributed by atoms with E-state index in [1.54, 1.807) is 21.7 Å². The number of benzene rings is 1. The fourth-order valence-electron chi connectivity index (χ4n) is 3.56. The van der Waals surface area contributed by atoms with Crippen molar-refractivity contribution in [2.24, 2.45) is 5.92 Å². The molecule has 1 saturated heterocycles. The molecule has 0 bridgehead atoms.